The topological polar surface area (TPSA) is 51.8 Å². The molecule has 0 amide bonds. The largest absolute Gasteiger partial charge is 0.368 e. The van der Waals surface area contributed by atoms with Gasteiger partial charge in [-0.05, 0) is 12.5 Å². The number of hydrogen-bond donors (Lipinski definition) is 1. The molecule has 0 atom stereocenters. The Hall–Kier alpha value is -1.90. The quantitative estimate of drug-likeness (QED) is 0.852. The van der Waals surface area contributed by atoms with Gasteiger partial charge in [0.25, 0.3) is 0 Å². The van der Waals surface area contributed by atoms with Gasteiger partial charge in [0, 0.05) is 11.3 Å². The van der Waals surface area contributed by atoms with Crippen molar-refractivity contribution in [2.75, 3.05) is 5.73 Å². The Balaban J connectivity index is 2.41. The van der Waals surface area contributed by atoms with Crippen molar-refractivity contribution >= 4 is 5.95 Å². The highest BCUT2D eigenvalue weighted by Gasteiger charge is 2.03. The summed E-state index contributed by atoms with van der Waals surface area (Å²) >= 11 is 0. The molecule has 0 aliphatic rings. The number of nitrogens with zero attached hydrogens (tertiary/aromatic N) is 2. The van der Waals surface area contributed by atoms with E-state index in [1.54, 1.807) is 0 Å². The standard InChI is InChI=1S/C13H15N3/c1-2-6-11-9-12(16-13(14)15-11)10-7-4-3-5-8-10/h3-5,7-9H,2,6H2,1H3,(H2,14,15,16). The number of hydrogen-bond acceptors (Lipinski definition) is 3. The van der Waals surface area contributed by atoms with Crippen LogP contribution in [0.4, 0.5) is 5.95 Å². The van der Waals surface area contributed by atoms with E-state index < -0.39 is 0 Å². The van der Waals surface area contributed by atoms with Gasteiger partial charge in [-0.1, -0.05) is 43.7 Å². The smallest absolute Gasteiger partial charge is 0.220 e. The van der Waals surface area contributed by atoms with E-state index in [0.717, 1.165) is 29.8 Å². The summed E-state index contributed by atoms with van der Waals surface area (Å²) in [6.07, 6.45) is 2.00. The maximum absolute atomic E-state index is 5.70. The zero-order chi connectivity index (χ0) is 11.4. The third kappa shape index (κ3) is 2.37. The van der Waals surface area contributed by atoms with E-state index in [2.05, 4.69) is 16.9 Å². The van der Waals surface area contributed by atoms with Crippen molar-refractivity contribution in [1.82, 2.24) is 9.97 Å². The van der Waals surface area contributed by atoms with Crippen LogP contribution in [0.25, 0.3) is 11.3 Å². The van der Waals surface area contributed by atoms with Gasteiger partial charge < -0.3 is 5.73 Å². The van der Waals surface area contributed by atoms with Crippen LogP contribution in [-0.2, 0) is 6.42 Å². The molecule has 0 radical (unpaired) electrons. The van der Waals surface area contributed by atoms with Crippen molar-refractivity contribution in [1.29, 1.82) is 0 Å². The monoisotopic (exact) mass is 213 g/mol. The van der Waals surface area contributed by atoms with Crippen molar-refractivity contribution in [3.05, 3.63) is 42.1 Å². The van der Waals surface area contributed by atoms with E-state index >= 15 is 0 Å². The van der Waals surface area contributed by atoms with Gasteiger partial charge in [-0.15, -0.1) is 0 Å². The molecule has 82 valence electrons. The minimum absolute atomic E-state index is 0.352. The molecule has 0 aliphatic heterocycles. The average molecular weight is 213 g/mol. The van der Waals surface area contributed by atoms with Gasteiger partial charge in [0.2, 0.25) is 5.95 Å². The van der Waals surface area contributed by atoms with Gasteiger partial charge in [0.1, 0.15) is 0 Å². The van der Waals surface area contributed by atoms with Crippen LogP contribution < -0.4 is 5.73 Å². The molecule has 0 unspecified atom stereocenters. The molecule has 0 saturated heterocycles. The lowest BCUT2D eigenvalue weighted by molar-refractivity contribution is 0.877. The van der Waals surface area contributed by atoms with Crippen LogP contribution in [0.5, 0.6) is 0 Å². The number of anilines is 1. The van der Waals surface area contributed by atoms with E-state index in [4.69, 9.17) is 5.73 Å². The summed E-state index contributed by atoms with van der Waals surface area (Å²) in [5.74, 6) is 0.352. The second-order valence-corrected chi connectivity index (χ2v) is 3.72. The van der Waals surface area contributed by atoms with Crippen LogP contribution in [0.15, 0.2) is 36.4 Å². The highest BCUT2D eigenvalue weighted by molar-refractivity contribution is 5.60. The van der Waals surface area contributed by atoms with Crippen molar-refractivity contribution in [2.45, 2.75) is 19.8 Å². The lowest BCUT2D eigenvalue weighted by atomic mass is 10.1. The Morgan fingerprint density at radius 1 is 1.12 bits per heavy atom. The molecule has 1 aromatic heterocycles. The summed E-state index contributed by atoms with van der Waals surface area (Å²) in [5.41, 5.74) is 8.69. The lowest BCUT2D eigenvalue weighted by Crippen LogP contribution is -2.00. The zero-order valence-corrected chi connectivity index (χ0v) is 9.35. The molecule has 0 bridgehead atoms. The number of aryl methyl sites for hydroxylation is 1. The molecule has 0 saturated carbocycles. The molecule has 3 nitrogen and oxygen atoms in total. The first-order chi connectivity index (χ1) is 7.79. The predicted octanol–water partition coefficient (Wildman–Crippen LogP) is 2.68. The van der Waals surface area contributed by atoms with Gasteiger partial charge in [-0.25, -0.2) is 9.97 Å². The summed E-state index contributed by atoms with van der Waals surface area (Å²) in [4.78, 5) is 8.47. The Kier molecular flexibility index (Phi) is 3.15. The van der Waals surface area contributed by atoms with Crippen molar-refractivity contribution in [2.24, 2.45) is 0 Å². The van der Waals surface area contributed by atoms with Gasteiger partial charge in [-0.2, -0.15) is 0 Å². The molecule has 2 rings (SSSR count). The van der Waals surface area contributed by atoms with Crippen LogP contribution in [-0.4, -0.2) is 9.97 Å². The maximum Gasteiger partial charge on any atom is 0.220 e. The molecule has 3 heteroatoms. The highest BCUT2D eigenvalue weighted by Crippen LogP contribution is 2.18. The third-order valence-electron chi connectivity index (χ3n) is 2.37. The fourth-order valence-electron chi connectivity index (χ4n) is 1.66. The molecule has 0 spiro atoms. The van der Waals surface area contributed by atoms with Crippen LogP contribution in [0, 0.1) is 0 Å². The second-order valence-electron chi connectivity index (χ2n) is 3.72. The van der Waals surface area contributed by atoms with Gasteiger partial charge >= 0.3 is 0 Å². The molecule has 0 fully saturated rings. The Bertz CT molecular complexity index is 466. The van der Waals surface area contributed by atoms with Gasteiger partial charge in [0.05, 0.1) is 5.69 Å². The molecule has 16 heavy (non-hydrogen) atoms. The van der Waals surface area contributed by atoms with Gasteiger partial charge in [-0.3, -0.25) is 0 Å². The Morgan fingerprint density at radius 3 is 2.56 bits per heavy atom. The molecular formula is C13H15N3. The summed E-state index contributed by atoms with van der Waals surface area (Å²) < 4.78 is 0. The van der Waals surface area contributed by atoms with Gasteiger partial charge in [0.15, 0.2) is 0 Å². The minimum atomic E-state index is 0.352. The number of aromatic nitrogens is 2. The Labute approximate surface area is 95.4 Å². The van der Waals surface area contributed by atoms with E-state index in [-0.39, 0.29) is 0 Å². The molecule has 2 aromatic rings. The Morgan fingerprint density at radius 2 is 1.88 bits per heavy atom. The molecule has 1 heterocycles. The first kappa shape index (κ1) is 10.6. The van der Waals surface area contributed by atoms with Crippen LogP contribution in [0.2, 0.25) is 0 Å². The number of benzene rings is 1. The lowest BCUT2D eigenvalue weighted by Gasteiger charge is -2.04. The van der Waals surface area contributed by atoms with Crippen molar-refractivity contribution < 1.29 is 0 Å². The van der Waals surface area contributed by atoms with E-state index in [0.29, 0.717) is 5.95 Å². The summed E-state index contributed by atoms with van der Waals surface area (Å²) in [6.45, 7) is 2.13. The normalized spacial score (nSPS) is 10.3. The van der Waals surface area contributed by atoms with Crippen LogP contribution in [0.3, 0.4) is 0 Å². The second kappa shape index (κ2) is 4.75. The predicted molar refractivity (Wildman–Crippen MR) is 65.9 cm³/mol. The zero-order valence-electron chi connectivity index (χ0n) is 9.35. The van der Waals surface area contributed by atoms with Crippen molar-refractivity contribution in [3.63, 3.8) is 0 Å². The first-order valence-electron chi connectivity index (χ1n) is 5.48. The summed E-state index contributed by atoms with van der Waals surface area (Å²) in [5, 5.41) is 0. The highest BCUT2D eigenvalue weighted by atomic mass is 15.0. The number of nitrogen functional groups attached to an aromatic ring is 1. The van der Waals surface area contributed by atoms with E-state index in [9.17, 15) is 0 Å². The molecule has 2 N–H and O–H groups in total. The van der Waals surface area contributed by atoms with E-state index in [1.807, 2.05) is 36.4 Å². The number of nitrogens with two attached hydrogens (primary N) is 1. The fourth-order valence-corrected chi connectivity index (χ4v) is 1.66. The SMILES string of the molecule is CCCc1cc(-c2ccccc2)nc(N)n1. The molecule has 0 aliphatic carbocycles. The third-order valence-corrected chi connectivity index (χ3v) is 2.37. The summed E-state index contributed by atoms with van der Waals surface area (Å²) in [6, 6.07) is 12.0. The summed E-state index contributed by atoms with van der Waals surface area (Å²) in [7, 11) is 0. The van der Waals surface area contributed by atoms with Crippen molar-refractivity contribution in [3.8, 4) is 11.3 Å². The van der Waals surface area contributed by atoms with Crippen LogP contribution >= 0.6 is 0 Å². The fraction of sp³-hybridized carbons (Fsp3) is 0.231. The minimum Gasteiger partial charge on any atom is -0.368 e. The van der Waals surface area contributed by atoms with E-state index in [1.165, 1.54) is 0 Å². The maximum atomic E-state index is 5.70. The average Bonchev–Trinajstić information content (AvgIpc) is 2.30. The molecule has 1 aromatic carbocycles. The van der Waals surface area contributed by atoms with Crippen LogP contribution in [0.1, 0.15) is 19.0 Å². The first-order valence-corrected chi connectivity index (χ1v) is 5.48. The number of rotatable bonds is 3. The molecular weight excluding hydrogens is 198 g/mol.